The van der Waals surface area contributed by atoms with E-state index in [9.17, 15) is 9.90 Å². The first-order valence-corrected chi connectivity index (χ1v) is 9.92. The van der Waals surface area contributed by atoms with Crippen LogP contribution in [0.25, 0.3) is 10.4 Å². The van der Waals surface area contributed by atoms with E-state index in [2.05, 4.69) is 15.0 Å². The largest absolute Gasteiger partial charge is 0.494 e. The molecule has 1 heterocycles. The topological polar surface area (TPSA) is 137 Å². The molecule has 2 aromatic rings. The summed E-state index contributed by atoms with van der Waals surface area (Å²) in [6.45, 7) is 2.28. The fourth-order valence-electron chi connectivity index (χ4n) is 3.41. The van der Waals surface area contributed by atoms with Gasteiger partial charge in [0.15, 0.2) is 0 Å². The van der Waals surface area contributed by atoms with Crippen molar-refractivity contribution in [3.63, 3.8) is 0 Å². The summed E-state index contributed by atoms with van der Waals surface area (Å²) in [5, 5.41) is 22.5. The Hall–Kier alpha value is -3.55. The molecule has 0 spiro atoms. The van der Waals surface area contributed by atoms with Crippen molar-refractivity contribution in [2.75, 3.05) is 13.2 Å². The van der Waals surface area contributed by atoms with E-state index in [1.807, 2.05) is 18.2 Å². The fourth-order valence-corrected chi connectivity index (χ4v) is 3.41. The van der Waals surface area contributed by atoms with E-state index in [0.29, 0.717) is 24.3 Å². The third kappa shape index (κ3) is 4.96. The molecule has 0 saturated carbocycles. The standard InChI is InChI=1S/C22H24N4O5/c1-15-22(21(28)29,13-17-5-2-3-6-18(17)14-24-26-23)25-20(31-15)16-7-9-19(10-8-16)30-12-4-11-27/h2-3,5-10,15,27H,4,11-14H2,1H3,(H,28,29)/t15-,22-/m1/s1. The SMILES string of the molecule is C[C@H]1OC(c2ccc(OCCCO)cc2)=N[C@@]1(Cc1ccccc1CN=[N+]=[N-])C(=O)O. The van der Waals surface area contributed by atoms with Crippen LogP contribution in [0.5, 0.6) is 5.75 Å². The van der Waals surface area contributed by atoms with Gasteiger partial charge >= 0.3 is 5.97 Å². The number of nitrogens with zero attached hydrogens (tertiary/aromatic N) is 4. The predicted molar refractivity (Wildman–Crippen MR) is 114 cm³/mol. The highest BCUT2D eigenvalue weighted by Crippen LogP contribution is 2.33. The molecule has 2 N–H and O–H groups in total. The summed E-state index contributed by atoms with van der Waals surface area (Å²) in [5.74, 6) is -0.192. The number of aliphatic hydroxyl groups excluding tert-OH is 1. The molecule has 1 aliphatic heterocycles. The van der Waals surface area contributed by atoms with Crippen molar-refractivity contribution < 1.29 is 24.5 Å². The molecule has 9 nitrogen and oxygen atoms in total. The zero-order valence-electron chi connectivity index (χ0n) is 17.1. The number of aliphatic imine (C=N–C) groups is 1. The van der Waals surface area contributed by atoms with Gasteiger partial charge in [0.1, 0.15) is 11.9 Å². The van der Waals surface area contributed by atoms with E-state index < -0.39 is 17.6 Å². The Labute approximate surface area is 179 Å². The molecule has 2 aromatic carbocycles. The van der Waals surface area contributed by atoms with Gasteiger partial charge in [0.2, 0.25) is 11.4 Å². The maximum absolute atomic E-state index is 12.3. The van der Waals surface area contributed by atoms with Gasteiger partial charge in [-0.05, 0) is 47.8 Å². The summed E-state index contributed by atoms with van der Waals surface area (Å²) in [6, 6.07) is 14.3. The van der Waals surface area contributed by atoms with Crippen molar-refractivity contribution in [3.8, 4) is 5.75 Å². The van der Waals surface area contributed by atoms with Crippen LogP contribution in [-0.2, 0) is 22.5 Å². The van der Waals surface area contributed by atoms with Gasteiger partial charge in [0, 0.05) is 29.9 Å². The summed E-state index contributed by atoms with van der Waals surface area (Å²) < 4.78 is 11.4. The van der Waals surface area contributed by atoms with Gasteiger partial charge in [-0.1, -0.05) is 29.4 Å². The third-order valence-electron chi connectivity index (χ3n) is 5.19. The predicted octanol–water partition coefficient (Wildman–Crippen LogP) is 3.49. The van der Waals surface area contributed by atoms with Gasteiger partial charge in [-0.3, -0.25) is 0 Å². The summed E-state index contributed by atoms with van der Waals surface area (Å²) in [4.78, 5) is 19.6. The van der Waals surface area contributed by atoms with Crippen molar-refractivity contribution in [1.29, 1.82) is 0 Å². The van der Waals surface area contributed by atoms with Crippen LogP contribution in [0.2, 0.25) is 0 Å². The summed E-state index contributed by atoms with van der Waals surface area (Å²) >= 11 is 0. The van der Waals surface area contributed by atoms with E-state index in [0.717, 1.165) is 11.1 Å². The van der Waals surface area contributed by atoms with E-state index in [-0.39, 0.29) is 25.5 Å². The van der Waals surface area contributed by atoms with E-state index in [1.165, 1.54) is 0 Å². The second-order valence-corrected chi connectivity index (χ2v) is 7.19. The van der Waals surface area contributed by atoms with Crippen LogP contribution in [0.1, 0.15) is 30.0 Å². The summed E-state index contributed by atoms with van der Waals surface area (Å²) in [6.07, 6.45) is -0.0582. The van der Waals surface area contributed by atoms with Crippen molar-refractivity contribution >= 4 is 11.9 Å². The van der Waals surface area contributed by atoms with Crippen molar-refractivity contribution in [3.05, 3.63) is 75.7 Å². The lowest BCUT2D eigenvalue weighted by molar-refractivity contribution is -0.145. The van der Waals surface area contributed by atoms with Crippen LogP contribution in [0.4, 0.5) is 0 Å². The average Bonchev–Trinajstić information content (AvgIpc) is 3.11. The molecular formula is C22H24N4O5. The molecular weight excluding hydrogens is 400 g/mol. The smallest absolute Gasteiger partial charge is 0.335 e. The summed E-state index contributed by atoms with van der Waals surface area (Å²) in [5.41, 5.74) is 9.26. The normalized spacial score (nSPS) is 19.8. The number of carboxylic acids is 1. The molecule has 162 valence electrons. The highest BCUT2D eigenvalue weighted by Gasteiger charge is 2.50. The molecule has 0 amide bonds. The van der Waals surface area contributed by atoms with Gasteiger partial charge < -0.3 is 19.7 Å². The molecule has 0 unspecified atom stereocenters. The van der Waals surface area contributed by atoms with Crippen molar-refractivity contribution in [2.45, 2.75) is 38.0 Å². The number of hydrogen-bond donors (Lipinski definition) is 2. The van der Waals surface area contributed by atoms with E-state index in [4.69, 9.17) is 20.1 Å². The molecule has 0 aromatic heterocycles. The third-order valence-corrected chi connectivity index (χ3v) is 5.19. The highest BCUT2D eigenvalue weighted by molar-refractivity contribution is 5.99. The van der Waals surface area contributed by atoms with Crippen LogP contribution in [0.3, 0.4) is 0 Å². The number of carboxylic acid groups (broad SMARTS) is 1. The van der Waals surface area contributed by atoms with E-state index in [1.54, 1.807) is 37.3 Å². The minimum Gasteiger partial charge on any atom is -0.494 e. The van der Waals surface area contributed by atoms with Crippen molar-refractivity contribution in [2.24, 2.45) is 10.1 Å². The Bertz CT molecular complexity index is 1000. The highest BCUT2D eigenvalue weighted by atomic mass is 16.5. The zero-order chi connectivity index (χ0) is 22.3. The minimum absolute atomic E-state index is 0.0594. The van der Waals surface area contributed by atoms with Crippen molar-refractivity contribution in [1.82, 2.24) is 0 Å². The number of ether oxygens (including phenoxy) is 2. The van der Waals surface area contributed by atoms with Gasteiger partial charge in [-0.15, -0.1) is 0 Å². The molecule has 0 aliphatic carbocycles. The quantitative estimate of drug-likeness (QED) is 0.260. The molecule has 31 heavy (non-hydrogen) atoms. The number of aliphatic carboxylic acids is 1. The molecule has 0 saturated heterocycles. The van der Waals surface area contributed by atoms with Gasteiger partial charge in [-0.2, -0.15) is 0 Å². The number of hydrogen-bond acceptors (Lipinski definition) is 6. The fraction of sp³-hybridized carbons (Fsp3) is 0.364. The van der Waals surface area contributed by atoms with Crippen LogP contribution >= 0.6 is 0 Å². The Morgan fingerprint density at radius 2 is 1.97 bits per heavy atom. The lowest BCUT2D eigenvalue weighted by Crippen LogP contribution is -2.46. The minimum atomic E-state index is -1.50. The first kappa shape index (κ1) is 22.1. The number of azide groups is 1. The average molecular weight is 424 g/mol. The molecule has 9 heteroatoms. The molecule has 0 radical (unpaired) electrons. The number of carbonyl (C=O) groups is 1. The molecule has 1 aliphatic rings. The monoisotopic (exact) mass is 424 g/mol. The lowest BCUT2D eigenvalue weighted by Gasteiger charge is -2.25. The second-order valence-electron chi connectivity index (χ2n) is 7.19. The first-order valence-electron chi connectivity index (χ1n) is 9.92. The Kier molecular flexibility index (Phi) is 7.12. The number of aliphatic hydroxyl groups is 1. The van der Waals surface area contributed by atoms with Crippen LogP contribution in [0.15, 0.2) is 58.6 Å². The Morgan fingerprint density at radius 1 is 1.26 bits per heavy atom. The number of benzene rings is 2. The second kappa shape index (κ2) is 9.97. The molecule has 3 rings (SSSR count). The first-order chi connectivity index (χ1) is 15.0. The van der Waals surface area contributed by atoms with Crippen LogP contribution in [-0.4, -0.2) is 46.9 Å². The molecule has 2 atom stereocenters. The zero-order valence-corrected chi connectivity index (χ0v) is 17.1. The maximum Gasteiger partial charge on any atom is 0.335 e. The Morgan fingerprint density at radius 3 is 2.61 bits per heavy atom. The maximum atomic E-state index is 12.3. The summed E-state index contributed by atoms with van der Waals surface area (Å²) in [7, 11) is 0. The van der Waals surface area contributed by atoms with Gasteiger partial charge in [0.25, 0.3) is 0 Å². The van der Waals surface area contributed by atoms with Gasteiger partial charge in [0.05, 0.1) is 13.2 Å². The van der Waals surface area contributed by atoms with Crippen LogP contribution in [0, 0.1) is 0 Å². The molecule has 0 bridgehead atoms. The van der Waals surface area contributed by atoms with E-state index >= 15 is 0 Å². The Balaban J connectivity index is 1.88. The molecule has 0 fully saturated rings. The van der Waals surface area contributed by atoms with Gasteiger partial charge in [-0.25, -0.2) is 9.79 Å². The number of rotatable bonds is 10. The van der Waals surface area contributed by atoms with Crippen LogP contribution < -0.4 is 4.74 Å². The lowest BCUT2D eigenvalue weighted by atomic mass is 9.85.